The molecule has 4 aromatic carbocycles. The molecule has 5 rings (SSSR count). The van der Waals surface area contributed by atoms with E-state index in [-0.39, 0.29) is 29.4 Å². The molecule has 0 aliphatic carbocycles. The molecule has 0 spiro atoms. The second-order valence-corrected chi connectivity index (χ2v) is 18.4. The lowest BCUT2D eigenvalue weighted by Crippen LogP contribution is -2.32. The number of aryl methyl sites for hydroxylation is 3. The van der Waals surface area contributed by atoms with Crippen LogP contribution >= 0.6 is 11.8 Å². The largest absolute Gasteiger partial charge is 0.496 e. The zero-order valence-corrected chi connectivity index (χ0v) is 46.9. The Balaban J connectivity index is 0.00000107. The maximum absolute atomic E-state index is 12.3. The quantitative estimate of drug-likeness (QED) is 0.0815. The summed E-state index contributed by atoms with van der Waals surface area (Å²) >= 11 is 1.75. The highest BCUT2D eigenvalue weighted by atomic mass is 32.2. The summed E-state index contributed by atoms with van der Waals surface area (Å²) in [4.78, 5) is 49.9. The maximum atomic E-state index is 12.3. The average molecular weight is 999 g/mol. The summed E-state index contributed by atoms with van der Waals surface area (Å²) in [5.74, 6) is 2.85. The number of carbonyl (C=O) groups excluding carboxylic acids is 3. The molecule has 1 aromatic heterocycles. The first-order chi connectivity index (χ1) is 33.7. The molecule has 12 nitrogen and oxygen atoms in total. The molecule has 0 bridgehead atoms. The number of ether oxygens (including phenoxy) is 3. The molecule has 0 unspecified atom stereocenters. The zero-order valence-electron chi connectivity index (χ0n) is 46.1. The minimum absolute atomic E-state index is 0.0812. The number of hydrogen-bond acceptors (Lipinski definition) is 10. The van der Waals surface area contributed by atoms with E-state index >= 15 is 0 Å². The van der Waals surface area contributed by atoms with Crippen molar-refractivity contribution in [1.82, 2.24) is 15.2 Å². The van der Waals surface area contributed by atoms with Crippen molar-refractivity contribution in [3.63, 3.8) is 0 Å². The number of amides is 2. The highest BCUT2D eigenvalue weighted by Gasteiger charge is 2.17. The normalized spacial score (nSPS) is 10.0. The van der Waals surface area contributed by atoms with E-state index in [0.29, 0.717) is 42.3 Å². The van der Waals surface area contributed by atoms with Gasteiger partial charge in [-0.1, -0.05) is 97.9 Å². The fraction of sp³-hybridized carbons (Fsp3) is 0.466. The highest BCUT2D eigenvalue weighted by molar-refractivity contribution is 7.97. The summed E-state index contributed by atoms with van der Waals surface area (Å²) in [5.41, 5.74) is 6.47. The number of nitrogens with zero attached hydrogens (tertiary/aromatic N) is 2. The van der Waals surface area contributed by atoms with Crippen molar-refractivity contribution < 1.29 is 38.5 Å². The number of fused-ring (bicyclic) bond motifs is 1. The monoisotopic (exact) mass is 999 g/mol. The Morgan fingerprint density at radius 3 is 1.82 bits per heavy atom. The zero-order chi connectivity index (χ0) is 54.1. The Bertz CT molecular complexity index is 2330. The smallest absolute Gasteiger partial charge is 0.303 e. The van der Waals surface area contributed by atoms with Crippen LogP contribution < -0.4 is 24.8 Å². The molecule has 0 radical (unpaired) electrons. The number of aromatic nitrogens is 1. The number of carboxylic acids is 1. The van der Waals surface area contributed by atoms with Crippen LogP contribution in [0.4, 0.5) is 11.5 Å². The first kappa shape index (κ1) is 64.9. The van der Waals surface area contributed by atoms with E-state index in [1.54, 1.807) is 44.3 Å². The second kappa shape index (κ2) is 35.9. The first-order valence-corrected chi connectivity index (χ1v) is 26.2. The molecule has 0 saturated heterocycles. The van der Waals surface area contributed by atoms with E-state index in [4.69, 9.17) is 19.3 Å². The van der Waals surface area contributed by atoms with Gasteiger partial charge in [0.2, 0.25) is 5.91 Å². The summed E-state index contributed by atoms with van der Waals surface area (Å²) in [6, 6.07) is 25.7. The number of benzene rings is 4. The van der Waals surface area contributed by atoms with Crippen LogP contribution in [0.5, 0.6) is 23.0 Å². The van der Waals surface area contributed by atoms with Crippen LogP contribution in [0.1, 0.15) is 140 Å². The predicted molar refractivity (Wildman–Crippen MR) is 299 cm³/mol. The number of nitrogens with one attached hydrogen (secondary N) is 2. The number of ketones is 1. The molecule has 0 saturated carbocycles. The number of pyridine rings is 1. The van der Waals surface area contributed by atoms with Crippen molar-refractivity contribution in [3.8, 4) is 23.0 Å². The summed E-state index contributed by atoms with van der Waals surface area (Å²) < 4.78 is 17.0. The number of thioether (sulfide) groups is 1. The van der Waals surface area contributed by atoms with Gasteiger partial charge in [-0.2, -0.15) is 11.8 Å². The highest BCUT2D eigenvalue weighted by Crippen LogP contribution is 2.34. The van der Waals surface area contributed by atoms with E-state index in [1.165, 1.54) is 36.1 Å². The molecule has 71 heavy (non-hydrogen) atoms. The molecular weight excluding hydrogens is 913 g/mol. The van der Waals surface area contributed by atoms with Gasteiger partial charge >= 0.3 is 5.97 Å². The van der Waals surface area contributed by atoms with Gasteiger partial charge in [0.25, 0.3) is 5.91 Å². The van der Waals surface area contributed by atoms with Gasteiger partial charge in [0.15, 0.2) is 0 Å². The third-order valence-corrected chi connectivity index (χ3v) is 9.97. The number of carboxylic acid groups (broad SMARTS) is 1. The third kappa shape index (κ3) is 25.0. The van der Waals surface area contributed by atoms with E-state index < -0.39 is 5.97 Å². The molecule has 13 heteroatoms. The Morgan fingerprint density at radius 2 is 1.31 bits per heavy atom. The number of anilines is 2. The van der Waals surface area contributed by atoms with Gasteiger partial charge in [-0.05, 0) is 130 Å². The molecule has 0 fully saturated rings. The van der Waals surface area contributed by atoms with Crippen molar-refractivity contribution in [3.05, 3.63) is 113 Å². The van der Waals surface area contributed by atoms with Crippen molar-refractivity contribution in [2.24, 2.45) is 0 Å². The van der Waals surface area contributed by atoms with E-state index in [2.05, 4.69) is 87.5 Å². The third-order valence-electron chi connectivity index (χ3n) is 9.97. The van der Waals surface area contributed by atoms with Crippen molar-refractivity contribution in [2.45, 2.75) is 134 Å². The summed E-state index contributed by atoms with van der Waals surface area (Å²) in [7, 11) is 3.28. The maximum Gasteiger partial charge on any atom is 0.303 e. The Labute approximate surface area is 431 Å². The Hall–Kier alpha value is -6.08. The fourth-order valence-corrected chi connectivity index (χ4v) is 6.77. The van der Waals surface area contributed by atoms with Crippen molar-refractivity contribution >= 4 is 57.6 Å². The van der Waals surface area contributed by atoms with Crippen LogP contribution in [0.25, 0.3) is 10.8 Å². The first-order valence-electron chi connectivity index (χ1n) is 24.6. The second-order valence-electron chi connectivity index (χ2n) is 17.5. The lowest BCUT2D eigenvalue weighted by molar-refractivity contribution is -0.137. The fourth-order valence-electron chi connectivity index (χ4n) is 6.77. The van der Waals surface area contributed by atoms with Crippen LogP contribution in [-0.4, -0.2) is 84.9 Å². The van der Waals surface area contributed by atoms with E-state index in [0.717, 1.165) is 60.3 Å². The Kier molecular flexibility index (Phi) is 32.9. The van der Waals surface area contributed by atoms with Gasteiger partial charge in [0.05, 0.1) is 19.8 Å². The molecule has 392 valence electrons. The van der Waals surface area contributed by atoms with Crippen LogP contribution in [0, 0.1) is 20.8 Å². The van der Waals surface area contributed by atoms with Crippen LogP contribution in [0.15, 0.2) is 85.1 Å². The summed E-state index contributed by atoms with van der Waals surface area (Å²) in [6.07, 6.45) is 9.42. The average Bonchev–Trinajstić information content (AvgIpc) is 3.32. The van der Waals surface area contributed by atoms with Crippen LogP contribution in [0.3, 0.4) is 0 Å². The topological polar surface area (TPSA) is 156 Å². The minimum atomic E-state index is -0.833. The standard InChI is InChI=1S/C27H27N3O3.C13H20O.C11H21NO3.C3H6O.C2H6S.C2H6/c1-4-14-29-27(31)23-11-10-19(16-25(23)32-3)30-26-17-20(13-15-28-26)33-24-12-9-18(2)21-7-5-6-8-22(21)24;1-9-7-11(13(3,4)5)8-10(2)12(9)14-6;1-3-8-12(9-4-2)10(13)6-5-7-11(14)15;1-3(2)4;1-3-2;1-2/h5-13,15-17H,4,14H2,1-3H3,(H,28,30)(H,29,31);7-8H,1-6H3;3-9H2,1-2H3,(H,14,15);1-2H3;1-2H3;1-2H3. The van der Waals surface area contributed by atoms with Crippen LogP contribution in [0.2, 0.25) is 0 Å². The number of aliphatic carboxylic acids is 1. The van der Waals surface area contributed by atoms with Gasteiger partial charge in [0.1, 0.15) is 34.6 Å². The molecule has 0 atom stereocenters. The Morgan fingerprint density at radius 1 is 0.732 bits per heavy atom. The van der Waals surface area contributed by atoms with Gasteiger partial charge in [-0.25, -0.2) is 4.98 Å². The lowest BCUT2D eigenvalue weighted by atomic mass is 9.85. The molecule has 3 N–H and O–H groups in total. The SMILES string of the molecule is CC.CC(C)=O.CCCN(CCC)C(=O)CCCC(=O)O.CCCNC(=O)c1ccc(Nc2cc(Oc3ccc(C)c4ccccc34)ccn2)cc1OC.COc1c(C)cc(C(C)(C)C)cc1C.CSC. The number of rotatable bonds is 17. The van der Waals surface area contributed by atoms with Crippen molar-refractivity contribution in [2.75, 3.05) is 51.7 Å². The molecule has 0 aliphatic rings. The number of methoxy groups -OCH3 is 2. The molecule has 0 aliphatic heterocycles. The van der Waals surface area contributed by atoms with Gasteiger partial charge < -0.3 is 39.6 Å². The van der Waals surface area contributed by atoms with Gasteiger partial charge in [-0.3, -0.25) is 14.4 Å². The summed E-state index contributed by atoms with van der Waals surface area (Å²) in [6.45, 7) is 28.3. The summed E-state index contributed by atoms with van der Waals surface area (Å²) in [5, 5.41) is 16.8. The van der Waals surface area contributed by atoms with E-state index in [1.807, 2.05) is 88.4 Å². The van der Waals surface area contributed by atoms with Crippen molar-refractivity contribution in [1.29, 1.82) is 0 Å². The molecule has 2 amide bonds. The molecule has 1 heterocycles. The van der Waals surface area contributed by atoms with Gasteiger partial charge in [0, 0.05) is 61.9 Å². The number of Topliss-reactive ketones (excluding diaryl/α,β-unsaturated/α-hetero) is 1. The number of carbonyl (C=O) groups is 4. The predicted octanol–water partition coefficient (Wildman–Crippen LogP) is 14.3. The minimum Gasteiger partial charge on any atom is -0.496 e. The molecule has 5 aromatic rings. The number of hydrogen-bond donors (Lipinski definition) is 3. The lowest BCUT2D eigenvalue weighted by Gasteiger charge is -2.21. The van der Waals surface area contributed by atoms with E-state index in [9.17, 15) is 19.2 Å². The van der Waals surface area contributed by atoms with Crippen LogP contribution in [-0.2, 0) is 19.8 Å². The van der Waals surface area contributed by atoms with Gasteiger partial charge in [-0.15, -0.1) is 0 Å². The molecular formula is C58H86N4O8S.